The minimum Gasteiger partial charge on any atom is -0.462 e. The molecule has 4 heteroatoms. The van der Waals surface area contributed by atoms with E-state index in [0.717, 1.165) is 12.1 Å². The zero-order valence-corrected chi connectivity index (χ0v) is 12.3. The number of carbonyl (C=O) groups is 1. The molecule has 1 aromatic rings. The van der Waals surface area contributed by atoms with Crippen molar-refractivity contribution in [2.75, 3.05) is 17.7 Å². The average Bonchev–Trinajstić information content (AvgIpc) is 2.43. The molecule has 110 valence electrons. The Morgan fingerprint density at radius 2 is 2.15 bits per heavy atom. The Hall–Kier alpha value is -1.71. The number of benzene rings is 1. The van der Waals surface area contributed by atoms with Crippen LogP contribution in [0.4, 0.5) is 11.4 Å². The Morgan fingerprint density at radius 1 is 1.40 bits per heavy atom. The summed E-state index contributed by atoms with van der Waals surface area (Å²) in [4.78, 5) is 12.0. The van der Waals surface area contributed by atoms with Crippen molar-refractivity contribution in [3.05, 3.63) is 23.8 Å². The molecular formula is C16H24N2O2. The van der Waals surface area contributed by atoms with Gasteiger partial charge in [-0.1, -0.05) is 19.8 Å². The Labute approximate surface area is 120 Å². The van der Waals surface area contributed by atoms with Gasteiger partial charge in [0.15, 0.2) is 0 Å². The molecule has 0 heterocycles. The van der Waals surface area contributed by atoms with Gasteiger partial charge in [-0.15, -0.1) is 0 Å². The molecule has 20 heavy (non-hydrogen) atoms. The summed E-state index contributed by atoms with van der Waals surface area (Å²) >= 11 is 0. The van der Waals surface area contributed by atoms with E-state index in [4.69, 9.17) is 10.5 Å². The second-order valence-electron chi connectivity index (χ2n) is 5.54. The molecular weight excluding hydrogens is 252 g/mol. The molecule has 1 saturated carbocycles. The maximum absolute atomic E-state index is 12.0. The highest BCUT2D eigenvalue weighted by Crippen LogP contribution is 2.29. The highest BCUT2D eigenvalue weighted by Gasteiger charge is 2.23. The number of hydrogen-bond acceptors (Lipinski definition) is 4. The van der Waals surface area contributed by atoms with Crippen LogP contribution in [0.3, 0.4) is 0 Å². The van der Waals surface area contributed by atoms with Crippen LogP contribution in [0.2, 0.25) is 0 Å². The predicted octanol–water partition coefficient (Wildman–Crippen LogP) is 3.44. The lowest BCUT2D eigenvalue weighted by molar-refractivity contribution is 0.0527. The van der Waals surface area contributed by atoms with Crippen LogP contribution in [0, 0.1) is 5.92 Å². The third kappa shape index (κ3) is 3.44. The molecule has 1 aromatic carbocycles. The van der Waals surface area contributed by atoms with Crippen LogP contribution in [0.1, 0.15) is 49.9 Å². The Balaban J connectivity index is 2.19. The van der Waals surface area contributed by atoms with Gasteiger partial charge in [0, 0.05) is 17.4 Å². The van der Waals surface area contributed by atoms with Crippen molar-refractivity contribution in [1.29, 1.82) is 0 Å². The first kappa shape index (κ1) is 14.7. The Morgan fingerprint density at radius 3 is 2.85 bits per heavy atom. The second kappa shape index (κ2) is 6.64. The molecule has 1 aliphatic rings. The molecule has 4 nitrogen and oxygen atoms in total. The van der Waals surface area contributed by atoms with Gasteiger partial charge < -0.3 is 15.8 Å². The van der Waals surface area contributed by atoms with Crippen molar-refractivity contribution in [1.82, 2.24) is 0 Å². The summed E-state index contributed by atoms with van der Waals surface area (Å²) in [6.45, 7) is 4.44. The largest absolute Gasteiger partial charge is 0.462 e. The van der Waals surface area contributed by atoms with Crippen molar-refractivity contribution in [3.63, 3.8) is 0 Å². The summed E-state index contributed by atoms with van der Waals surface area (Å²) in [7, 11) is 0. The lowest BCUT2D eigenvalue weighted by Gasteiger charge is -2.31. The first-order valence-electron chi connectivity index (χ1n) is 7.45. The Bertz CT molecular complexity index is 474. The molecule has 0 aliphatic heterocycles. The first-order valence-corrected chi connectivity index (χ1v) is 7.45. The minimum atomic E-state index is -0.314. The minimum absolute atomic E-state index is 0.314. The number of carbonyl (C=O) groups excluding carboxylic acids is 1. The quantitative estimate of drug-likeness (QED) is 0.653. The van der Waals surface area contributed by atoms with Crippen molar-refractivity contribution >= 4 is 17.3 Å². The summed E-state index contributed by atoms with van der Waals surface area (Å²) in [5, 5.41) is 3.51. The van der Waals surface area contributed by atoms with Crippen LogP contribution in [0.5, 0.6) is 0 Å². The molecule has 1 fully saturated rings. The van der Waals surface area contributed by atoms with E-state index in [1.807, 2.05) is 12.1 Å². The van der Waals surface area contributed by atoms with Gasteiger partial charge in [0.05, 0.1) is 12.2 Å². The van der Waals surface area contributed by atoms with Crippen LogP contribution in [0.25, 0.3) is 0 Å². The van der Waals surface area contributed by atoms with Crippen molar-refractivity contribution in [2.45, 2.75) is 45.6 Å². The van der Waals surface area contributed by atoms with Crippen molar-refractivity contribution < 1.29 is 9.53 Å². The summed E-state index contributed by atoms with van der Waals surface area (Å²) < 4.78 is 5.11. The number of esters is 1. The molecule has 0 amide bonds. The average molecular weight is 276 g/mol. The van der Waals surface area contributed by atoms with Crippen LogP contribution in [-0.4, -0.2) is 18.6 Å². The maximum Gasteiger partial charge on any atom is 0.340 e. The van der Waals surface area contributed by atoms with Crippen LogP contribution in [0.15, 0.2) is 18.2 Å². The molecule has 1 aliphatic carbocycles. The fourth-order valence-corrected chi connectivity index (χ4v) is 2.80. The fourth-order valence-electron chi connectivity index (χ4n) is 2.80. The zero-order chi connectivity index (χ0) is 14.5. The topological polar surface area (TPSA) is 64.3 Å². The highest BCUT2D eigenvalue weighted by atomic mass is 16.5. The summed E-state index contributed by atoms with van der Waals surface area (Å²) in [5.41, 5.74) is 7.73. The SMILES string of the molecule is CCOC(=O)c1cc(N)ccc1NC1CCCCC1C. The van der Waals surface area contributed by atoms with Gasteiger partial charge in [-0.25, -0.2) is 4.79 Å². The summed E-state index contributed by atoms with van der Waals surface area (Å²) in [6.07, 6.45) is 4.92. The third-order valence-corrected chi connectivity index (χ3v) is 3.99. The molecule has 0 saturated heterocycles. The van der Waals surface area contributed by atoms with Crippen LogP contribution >= 0.6 is 0 Å². The lowest BCUT2D eigenvalue weighted by atomic mass is 9.85. The third-order valence-electron chi connectivity index (χ3n) is 3.99. The molecule has 0 bridgehead atoms. The van der Waals surface area contributed by atoms with E-state index in [-0.39, 0.29) is 5.97 Å². The summed E-state index contributed by atoms with van der Waals surface area (Å²) in [6, 6.07) is 5.80. The molecule has 0 radical (unpaired) electrons. The van der Waals surface area contributed by atoms with Gasteiger partial charge >= 0.3 is 5.97 Å². The maximum atomic E-state index is 12.0. The van der Waals surface area contributed by atoms with Gasteiger partial charge in [-0.05, 0) is 43.9 Å². The highest BCUT2D eigenvalue weighted by molar-refractivity contribution is 5.96. The molecule has 3 N–H and O–H groups in total. The van der Waals surface area contributed by atoms with Gasteiger partial charge in [0.25, 0.3) is 0 Å². The van der Waals surface area contributed by atoms with E-state index in [1.54, 1.807) is 13.0 Å². The van der Waals surface area contributed by atoms with E-state index in [9.17, 15) is 4.79 Å². The van der Waals surface area contributed by atoms with Crippen molar-refractivity contribution in [2.24, 2.45) is 5.92 Å². The smallest absolute Gasteiger partial charge is 0.340 e. The zero-order valence-electron chi connectivity index (χ0n) is 12.3. The monoisotopic (exact) mass is 276 g/mol. The number of rotatable bonds is 4. The predicted molar refractivity (Wildman–Crippen MR) is 81.9 cm³/mol. The Kier molecular flexibility index (Phi) is 4.88. The number of anilines is 2. The number of ether oxygens (including phenoxy) is 1. The van der Waals surface area contributed by atoms with E-state index >= 15 is 0 Å². The second-order valence-corrected chi connectivity index (χ2v) is 5.54. The number of nitrogens with one attached hydrogen (secondary N) is 1. The van der Waals surface area contributed by atoms with E-state index in [0.29, 0.717) is 29.8 Å². The fraction of sp³-hybridized carbons (Fsp3) is 0.562. The number of hydrogen-bond donors (Lipinski definition) is 2. The van der Waals surface area contributed by atoms with E-state index < -0.39 is 0 Å². The normalized spacial score (nSPS) is 22.3. The van der Waals surface area contributed by atoms with Crippen LogP contribution < -0.4 is 11.1 Å². The van der Waals surface area contributed by atoms with Gasteiger partial charge in [0.2, 0.25) is 0 Å². The molecule has 2 atom stereocenters. The molecule has 2 rings (SSSR count). The molecule has 2 unspecified atom stereocenters. The lowest BCUT2D eigenvalue weighted by Crippen LogP contribution is -2.31. The van der Waals surface area contributed by atoms with Crippen molar-refractivity contribution in [3.8, 4) is 0 Å². The van der Waals surface area contributed by atoms with Gasteiger partial charge in [0.1, 0.15) is 0 Å². The van der Waals surface area contributed by atoms with E-state index in [2.05, 4.69) is 12.2 Å². The van der Waals surface area contributed by atoms with Gasteiger partial charge in [-0.2, -0.15) is 0 Å². The first-order chi connectivity index (χ1) is 9.61. The van der Waals surface area contributed by atoms with Crippen LogP contribution in [-0.2, 0) is 4.74 Å². The molecule has 0 aromatic heterocycles. The van der Waals surface area contributed by atoms with E-state index in [1.165, 1.54) is 19.3 Å². The van der Waals surface area contributed by atoms with Gasteiger partial charge in [-0.3, -0.25) is 0 Å². The summed E-state index contributed by atoms with van der Waals surface area (Å²) in [5.74, 6) is 0.308. The standard InChI is InChI=1S/C16H24N2O2/c1-3-20-16(19)13-10-12(17)8-9-15(13)18-14-7-5-4-6-11(14)2/h8-11,14,18H,3-7,17H2,1-2H3. The molecule has 0 spiro atoms. The number of nitrogen functional groups attached to an aromatic ring is 1. The number of nitrogens with two attached hydrogens (primary N) is 1.